The molecule has 6 heteroatoms. The van der Waals surface area contributed by atoms with E-state index < -0.39 is 0 Å². The van der Waals surface area contributed by atoms with Crippen LogP contribution in [0.1, 0.15) is 77.0 Å². The first-order valence-electron chi connectivity index (χ1n) is 13.0. The smallest absolute Gasteiger partial charge is 0.261 e. The van der Waals surface area contributed by atoms with E-state index in [-0.39, 0.29) is 29.3 Å². The summed E-state index contributed by atoms with van der Waals surface area (Å²) < 4.78 is 0. The first-order valence-corrected chi connectivity index (χ1v) is 13.9. The van der Waals surface area contributed by atoms with Crippen LogP contribution in [0.5, 0.6) is 0 Å². The van der Waals surface area contributed by atoms with E-state index in [2.05, 4.69) is 30.4 Å². The minimum atomic E-state index is -0.141. The van der Waals surface area contributed by atoms with Crippen LogP contribution in [-0.2, 0) is 21.0 Å². The fourth-order valence-corrected chi connectivity index (χ4v) is 8.78. The Labute approximate surface area is 207 Å². The summed E-state index contributed by atoms with van der Waals surface area (Å²) in [5, 5.41) is 9.21. The van der Waals surface area contributed by atoms with Gasteiger partial charge in [0.25, 0.3) is 5.91 Å². The summed E-state index contributed by atoms with van der Waals surface area (Å²) in [5.41, 5.74) is 2.93. The highest BCUT2D eigenvalue weighted by molar-refractivity contribution is 7.09. The Morgan fingerprint density at radius 2 is 2.00 bits per heavy atom. The molecule has 1 amide bonds. The molecule has 0 bridgehead atoms. The average Bonchev–Trinajstić information content (AvgIpc) is 3.45. The molecule has 1 aromatic rings. The second kappa shape index (κ2) is 9.25. The van der Waals surface area contributed by atoms with E-state index in [0.717, 1.165) is 42.2 Å². The van der Waals surface area contributed by atoms with Crippen molar-refractivity contribution in [3.8, 4) is 0 Å². The highest BCUT2D eigenvalue weighted by Gasteiger charge is 2.59. The van der Waals surface area contributed by atoms with Crippen molar-refractivity contribution in [3.63, 3.8) is 0 Å². The van der Waals surface area contributed by atoms with Crippen LogP contribution in [0.25, 0.3) is 0 Å². The number of nitrogens with one attached hydrogen (secondary N) is 1. The molecule has 0 saturated heterocycles. The third kappa shape index (κ3) is 4.16. The van der Waals surface area contributed by atoms with Gasteiger partial charge in [-0.05, 0) is 104 Å². The van der Waals surface area contributed by atoms with E-state index in [1.54, 1.807) is 11.3 Å². The minimum absolute atomic E-state index is 0.0441. The zero-order chi connectivity index (χ0) is 23.9. The molecule has 0 spiro atoms. The second-order valence-electron chi connectivity index (χ2n) is 11.5. The average molecular weight is 483 g/mol. The second-order valence-corrected chi connectivity index (χ2v) is 12.5. The van der Waals surface area contributed by atoms with Crippen molar-refractivity contribution in [2.45, 2.75) is 78.7 Å². The number of rotatable bonds is 6. The van der Waals surface area contributed by atoms with Crippen molar-refractivity contribution in [1.29, 1.82) is 0 Å². The van der Waals surface area contributed by atoms with Crippen molar-refractivity contribution in [2.24, 2.45) is 39.7 Å². The molecule has 184 valence electrons. The van der Waals surface area contributed by atoms with Gasteiger partial charge in [-0.1, -0.05) is 30.6 Å². The van der Waals surface area contributed by atoms with E-state index in [4.69, 9.17) is 4.84 Å². The van der Waals surface area contributed by atoms with Crippen LogP contribution in [0.4, 0.5) is 0 Å². The molecule has 1 heterocycles. The first-order chi connectivity index (χ1) is 16.3. The molecule has 5 nitrogen and oxygen atoms in total. The number of hydrogen-bond donors (Lipinski definition) is 1. The Morgan fingerprint density at radius 1 is 1.15 bits per heavy atom. The molecule has 5 rings (SSSR count). The van der Waals surface area contributed by atoms with Crippen molar-refractivity contribution >= 4 is 28.7 Å². The number of Topliss-reactive ketones (excluding diaryl/α,β-unsaturated/α-hetero) is 1. The summed E-state index contributed by atoms with van der Waals surface area (Å²) in [6.45, 7) is 7.20. The first kappa shape index (κ1) is 23.8. The highest BCUT2D eigenvalue weighted by atomic mass is 32.1. The largest absolute Gasteiger partial charge is 0.385 e. The molecule has 1 N–H and O–H groups in total. The van der Waals surface area contributed by atoms with Crippen molar-refractivity contribution < 1.29 is 14.4 Å². The number of hydrogen-bond acceptors (Lipinski definition) is 5. The summed E-state index contributed by atoms with van der Waals surface area (Å²) in [6, 6.07) is 3.99. The van der Waals surface area contributed by atoms with E-state index in [1.807, 2.05) is 24.4 Å². The van der Waals surface area contributed by atoms with Gasteiger partial charge >= 0.3 is 0 Å². The van der Waals surface area contributed by atoms with Crippen molar-refractivity contribution in [1.82, 2.24) is 5.32 Å². The summed E-state index contributed by atoms with van der Waals surface area (Å²) in [5.74, 6) is 2.69. The van der Waals surface area contributed by atoms with Gasteiger partial charge in [0.15, 0.2) is 6.61 Å². The molecule has 4 aliphatic rings. The molecule has 0 unspecified atom stereocenters. The van der Waals surface area contributed by atoms with Gasteiger partial charge in [-0.25, -0.2) is 0 Å². The van der Waals surface area contributed by atoms with E-state index in [0.29, 0.717) is 24.2 Å². The summed E-state index contributed by atoms with van der Waals surface area (Å²) in [7, 11) is 0. The molecule has 3 saturated carbocycles. The number of ketones is 1. The van der Waals surface area contributed by atoms with Crippen LogP contribution >= 0.6 is 11.3 Å². The van der Waals surface area contributed by atoms with Crippen LogP contribution < -0.4 is 5.32 Å². The van der Waals surface area contributed by atoms with Crippen LogP contribution in [0.15, 0.2) is 34.3 Å². The molecule has 1 aromatic heterocycles. The number of carbonyl (C=O) groups is 2. The van der Waals surface area contributed by atoms with Gasteiger partial charge in [0.1, 0.15) is 5.78 Å². The Hall–Kier alpha value is -1.95. The van der Waals surface area contributed by atoms with Gasteiger partial charge in [-0.2, -0.15) is 0 Å². The third-order valence-electron chi connectivity index (χ3n) is 9.89. The zero-order valence-corrected chi connectivity index (χ0v) is 21.6. The van der Waals surface area contributed by atoms with Gasteiger partial charge in [0.05, 0.1) is 12.3 Å². The predicted molar refractivity (Wildman–Crippen MR) is 135 cm³/mol. The van der Waals surface area contributed by atoms with E-state index in [9.17, 15) is 9.59 Å². The Kier molecular flexibility index (Phi) is 6.47. The van der Waals surface area contributed by atoms with Gasteiger partial charge in [0.2, 0.25) is 0 Å². The molecule has 4 aliphatic carbocycles. The lowest BCUT2D eigenvalue weighted by atomic mass is 9.46. The van der Waals surface area contributed by atoms with Gasteiger partial charge < -0.3 is 10.2 Å². The minimum Gasteiger partial charge on any atom is -0.385 e. The molecule has 34 heavy (non-hydrogen) atoms. The zero-order valence-electron chi connectivity index (χ0n) is 20.8. The van der Waals surface area contributed by atoms with Gasteiger partial charge in [0, 0.05) is 10.8 Å². The summed E-state index contributed by atoms with van der Waals surface area (Å²) >= 11 is 1.63. The van der Waals surface area contributed by atoms with Crippen molar-refractivity contribution in [3.05, 3.63) is 34.0 Å². The van der Waals surface area contributed by atoms with Gasteiger partial charge in [-0.3, -0.25) is 9.59 Å². The lowest BCUT2D eigenvalue weighted by Gasteiger charge is -2.58. The predicted octanol–water partition coefficient (Wildman–Crippen LogP) is 5.90. The van der Waals surface area contributed by atoms with Crippen molar-refractivity contribution in [2.75, 3.05) is 6.61 Å². The van der Waals surface area contributed by atoms with Crippen LogP contribution in [0.3, 0.4) is 0 Å². The molecule has 0 aliphatic heterocycles. The number of nitrogens with zero attached hydrogens (tertiary/aromatic N) is 1. The van der Waals surface area contributed by atoms with Crippen LogP contribution in [0, 0.1) is 34.5 Å². The molecule has 3 fully saturated rings. The number of allylic oxidation sites excluding steroid dienone is 2. The number of thiophene rings is 1. The quantitative estimate of drug-likeness (QED) is 0.513. The maximum Gasteiger partial charge on any atom is 0.261 e. The fraction of sp³-hybridized carbons (Fsp3) is 0.679. The monoisotopic (exact) mass is 482 g/mol. The Morgan fingerprint density at radius 3 is 2.76 bits per heavy atom. The third-order valence-corrected chi connectivity index (χ3v) is 10.8. The number of amides is 1. The lowest BCUT2D eigenvalue weighted by Crippen LogP contribution is -2.51. The number of fused-ring (bicyclic) bond motifs is 5. The molecular weight excluding hydrogens is 444 g/mol. The van der Waals surface area contributed by atoms with Crippen LogP contribution in [0.2, 0.25) is 0 Å². The highest BCUT2D eigenvalue weighted by Crippen LogP contribution is 2.66. The SMILES string of the molecule is CC(=O)[C@H]1CC[C@H]2[C@H]3CCC4=CC(=NOCC(=O)NCc5cccs5)CC[C@]4(C)[C@H]3CC[C@]12C. The normalized spacial score (nSPS) is 37.9. The summed E-state index contributed by atoms with van der Waals surface area (Å²) in [6.07, 6.45) is 11.4. The molecule has 0 radical (unpaired) electrons. The standard InChI is InChI=1S/C28H38N2O3S/c1-18(31)23-8-9-24-22-7-6-19-15-20(10-12-27(19,2)25(22)11-13-28(23,24)3)30-33-17-26(32)29-16-21-5-4-14-34-21/h4-5,14-15,22-25H,6-13,16-17H2,1-3H3,(H,29,32)/t22-,23-,24+,25+,27+,28-/m1/s1. The van der Waals surface area contributed by atoms with E-state index >= 15 is 0 Å². The number of oxime groups is 1. The Balaban J connectivity index is 1.21. The lowest BCUT2D eigenvalue weighted by molar-refractivity contribution is -0.128. The Bertz CT molecular complexity index is 999. The van der Waals surface area contributed by atoms with E-state index in [1.165, 1.54) is 31.3 Å². The molecule has 6 atom stereocenters. The summed E-state index contributed by atoms with van der Waals surface area (Å²) in [4.78, 5) is 31.0. The van der Waals surface area contributed by atoms with Gasteiger partial charge in [-0.15, -0.1) is 11.3 Å². The molecular formula is C28H38N2O3S. The molecule has 0 aromatic carbocycles. The number of carbonyl (C=O) groups excluding carboxylic acids is 2. The topological polar surface area (TPSA) is 67.8 Å². The van der Waals surface area contributed by atoms with Crippen LogP contribution in [-0.4, -0.2) is 24.0 Å². The maximum absolute atomic E-state index is 12.4. The fourth-order valence-electron chi connectivity index (χ4n) is 8.13. The maximum atomic E-state index is 12.4.